The van der Waals surface area contributed by atoms with Gasteiger partial charge in [-0.15, -0.1) is 0 Å². The molecule has 0 bridgehead atoms. The van der Waals surface area contributed by atoms with Crippen LogP contribution in [-0.2, 0) is 4.74 Å². The van der Waals surface area contributed by atoms with Crippen molar-refractivity contribution in [2.24, 2.45) is 0 Å². The van der Waals surface area contributed by atoms with Gasteiger partial charge in [0.05, 0.1) is 23.7 Å². The number of piperazine rings is 1. The lowest BCUT2D eigenvalue weighted by molar-refractivity contribution is 0.0599. The van der Waals surface area contributed by atoms with Crippen LogP contribution in [0.15, 0.2) is 43.0 Å². The number of rotatable bonds is 4. The summed E-state index contributed by atoms with van der Waals surface area (Å²) in [5, 5.41) is 0. The van der Waals surface area contributed by atoms with E-state index in [0.29, 0.717) is 11.5 Å². The molecule has 8 nitrogen and oxygen atoms in total. The number of hydrogen-bond donors (Lipinski definition) is 0. The van der Waals surface area contributed by atoms with Crippen LogP contribution in [-0.4, -0.2) is 64.1 Å². The number of benzene rings is 1. The first-order chi connectivity index (χ1) is 13.7. The molecule has 3 heterocycles. The fraction of sp³-hybridized carbons (Fsp3) is 0.350. The highest BCUT2D eigenvalue weighted by molar-refractivity contribution is 5.88. The van der Waals surface area contributed by atoms with E-state index >= 15 is 0 Å². The molecule has 4 rings (SSSR count). The van der Waals surface area contributed by atoms with Crippen LogP contribution >= 0.6 is 0 Å². The molecule has 0 N–H and O–H groups in total. The number of carbonyl (C=O) groups is 1. The molecule has 1 aliphatic rings. The number of hydrogen-bond acceptors (Lipinski definition) is 8. The molecule has 0 saturated carbocycles. The van der Waals surface area contributed by atoms with Crippen molar-refractivity contribution in [3.8, 4) is 0 Å². The molecule has 1 fully saturated rings. The zero-order valence-corrected chi connectivity index (χ0v) is 15.9. The van der Waals surface area contributed by atoms with Crippen LogP contribution in [0.1, 0.15) is 28.9 Å². The lowest BCUT2D eigenvalue weighted by Gasteiger charge is -2.38. The molecular weight excluding hydrogens is 356 g/mol. The van der Waals surface area contributed by atoms with Gasteiger partial charge in [0, 0.05) is 57.0 Å². The van der Waals surface area contributed by atoms with Crippen molar-refractivity contribution in [1.29, 1.82) is 0 Å². The van der Waals surface area contributed by atoms with E-state index in [1.807, 2.05) is 6.07 Å². The Bertz CT molecular complexity index is 970. The Morgan fingerprint density at radius 3 is 2.36 bits per heavy atom. The number of methoxy groups -OCH3 is 1. The molecule has 1 aromatic carbocycles. The third-order valence-corrected chi connectivity index (χ3v) is 5.18. The summed E-state index contributed by atoms with van der Waals surface area (Å²) in [5.74, 6) is 0.214. The van der Waals surface area contributed by atoms with Gasteiger partial charge in [-0.3, -0.25) is 14.9 Å². The molecule has 1 unspecified atom stereocenters. The molecule has 1 aliphatic heterocycles. The number of aromatic nitrogens is 4. The Balaban J connectivity index is 1.41. The van der Waals surface area contributed by atoms with Gasteiger partial charge in [0.1, 0.15) is 0 Å². The molecule has 144 valence electrons. The molecule has 0 amide bonds. The molecular formula is C20H22N6O2. The Hall–Kier alpha value is -3.13. The lowest BCUT2D eigenvalue weighted by Crippen LogP contribution is -2.47. The highest BCUT2D eigenvalue weighted by Crippen LogP contribution is 2.24. The summed E-state index contributed by atoms with van der Waals surface area (Å²) in [6, 6.07) is 6.56. The van der Waals surface area contributed by atoms with Crippen LogP contribution < -0.4 is 4.90 Å². The number of fused-ring (bicyclic) bond motifs is 1. The molecule has 28 heavy (non-hydrogen) atoms. The quantitative estimate of drug-likeness (QED) is 0.638. The zero-order chi connectivity index (χ0) is 19.5. The summed E-state index contributed by atoms with van der Waals surface area (Å²) < 4.78 is 4.68. The maximum atomic E-state index is 11.5. The molecule has 8 heteroatoms. The Kier molecular flexibility index (Phi) is 5.12. The van der Waals surface area contributed by atoms with Crippen LogP contribution in [0.5, 0.6) is 0 Å². The molecule has 0 aliphatic carbocycles. The van der Waals surface area contributed by atoms with Gasteiger partial charge in [-0.05, 0) is 24.6 Å². The average Bonchev–Trinajstić information content (AvgIpc) is 2.78. The fourth-order valence-corrected chi connectivity index (χ4v) is 3.47. The van der Waals surface area contributed by atoms with Gasteiger partial charge in [0.2, 0.25) is 5.95 Å². The van der Waals surface area contributed by atoms with E-state index in [4.69, 9.17) is 0 Å². The number of carbonyl (C=O) groups excluding carboxylic acids is 1. The molecule has 0 spiro atoms. The maximum absolute atomic E-state index is 11.5. The van der Waals surface area contributed by atoms with Crippen molar-refractivity contribution in [3.63, 3.8) is 0 Å². The van der Waals surface area contributed by atoms with Gasteiger partial charge in [0.15, 0.2) is 0 Å². The average molecular weight is 378 g/mol. The minimum absolute atomic E-state index is 0.288. The molecule has 2 aromatic heterocycles. The number of anilines is 1. The molecule has 0 radical (unpaired) electrons. The smallest absolute Gasteiger partial charge is 0.341 e. The van der Waals surface area contributed by atoms with Crippen LogP contribution in [0.2, 0.25) is 0 Å². The Morgan fingerprint density at radius 2 is 1.68 bits per heavy atom. The summed E-state index contributed by atoms with van der Waals surface area (Å²) in [6.45, 7) is 5.68. The largest absolute Gasteiger partial charge is 0.465 e. The van der Waals surface area contributed by atoms with E-state index in [9.17, 15) is 4.79 Å². The Labute approximate surface area is 163 Å². The second kappa shape index (κ2) is 7.85. The molecule has 3 aromatic rings. The van der Waals surface area contributed by atoms with Crippen LogP contribution in [0.25, 0.3) is 11.0 Å². The highest BCUT2D eigenvalue weighted by Gasteiger charge is 2.24. The van der Waals surface area contributed by atoms with E-state index < -0.39 is 5.97 Å². The monoisotopic (exact) mass is 378 g/mol. The summed E-state index contributed by atoms with van der Waals surface area (Å²) in [6.07, 6.45) is 6.46. The number of nitrogens with zero attached hydrogens (tertiary/aromatic N) is 6. The molecule has 1 atom stereocenters. The first-order valence-corrected chi connectivity index (χ1v) is 9.26. The van der Waals surface area contributed by atoms with Crippen molar-refractivity contribution in [2.45, 2.75) is 13.0 Å². The lowest BCUT2D eigenvalue weighted by atomic mass is 10.1. The van der Waals surface area contributed by atoms with E-state index in [1.165, 1.54) is 25.1 Å². The predicted molar refractivity (Wildman–Crippen MR) is 105 cm³/mol. The van der Waals surface area contributed by atoms with Gasteiger partial charge in [-0.2, -0.15) is 0 Å². The minimum atomic E-state index is -0.426. The second-order valence-electron chi connectivity index (χ2n) is 6.77. The normalized spacial score (nSPS) is 16.1. The SMILES string of the molecule is COC(=O)c1cnc(N2CCN(C(C)c3ccc4nccnc4c3)CC2)nc1. The van der Waals surface area contributed by atoms with Crippen molar-refractivity contribution in [3.05, 3.63) is 54.1 Å². The Morgan fingerprint density at radius 1 is 1.00 bits per heavy atom. The molecule has 1 saturated heterocycles. The van der Waals surface area contributed by atoms with Crippen molar-refractivity contribution < 1.29 is 9.53 Å². The third-order valence-electron chi connectivity index (χ3n) is 5.18. The fourth-order valence-electron chi connectivity index (χ4n) is 3.47. The van der Waals surface area contributed by atoms with Gasteiger partial charge in [-0.1, -0.05) is 6.07 Å². The number of ether oxygens (including phenoxy) is 1. The third kappa shape index (κ3) is 3.63. The van der Waals surface area contributed by atoms with Crippen LogP contribution in [0.3, 0.4) is 0 Å². The van der Waals surface area contributed by atoms with E-state index in [-0.39, 0.29) is 6.04 Å². The first-order valence-electron chi connectivity index (χ1n) is 9.26. The van der Waals surface area contributed by atoms with E-state index in [1.54, 1.807) is 12.4 Å². The highest BCUT2D eigenvalue weighted by atomic mass is 16.5. The van der Waals surface area contributed by atoms with Crippen molar-refractivity contribution in [1.82, 2.24) is 24.8 Å². The summed E-state index contributed by atoms with van der Waals surface area (Å²) >= 11 is 0. The summed E-state index contributed by atoms with van der Waals surface area (Å²) in [4.78, 5) is 33.5. The standard InChI is InChI=1S/C20H22N6O2/c1-14(15-3-4-17-18(11-15)22-6-5-21-17)25-7-9-26(10-8-25)20-23-12-16(13-24-20)19(27)28-2/h3-6,11-14H,7-10H2,1-2H3. The first kappa shape index (κ1) is 18.2. The van der Waals surface area contributed by atoms with Crippen molar-refractivity contribution in [2.75, 3.05) is 38.2 Å². The zero-order valence-electron chi connectivity index (χ0n) is 15.9. The van der Waals surface area contributed by atoms with Gasteiger partial charge in [0.25, 0.3) is 0 Å². The topological polar surface area (TPSA) is 84.3 Å². The minimum Gasteiger partial charge on any atom is -0.465 e. The maximum Gasteiger partial charge on any atom is 0.341 e. The van der Waals surface area contributed by atoms with Crippen molar-refractivity contribution >= 4 is 23.0 Å². The van der Waals surface area contributed by atoms with Gasteiger partial charge < -0.3 is 9.64 Å². The van der Waals surface area contributed by atoms with Gasteiger partial charge in [-0.25, -0.2) is 14.8 Å². The second-order valence-corrected chi connectivity index (χ2v) is 6.77. The van der Waals surface area contributed by atoms with Crippen LogP contribution in [0, 0.1) is 0 Å². The number of esters is 1. The van der Waals surface area contributed by atoms with Gasteiger partial charge >= 0.3 is 5.97 Å². The summed E-state index contributed by atoms with van der Waals surface area (Å²) in [7, 11) is 1.35. The predicted octanol–water partition coefficient (Wildman–Crippen LogP) is 2.09. The van der Waals surface area contributed by atoms with E-state index in [2.05, 4.69) is 53.5 Å². The van der Waals surface area contributed by atoms with E-state index in [0.717, 1.165) is 37.2 Å². The summed E-state index contributed by atoms with van der Waals surface area (Å²) in [5.41, 5.74) is 3.43. The van der Waals surface area contributed by atoms with Crippen LogP contribution in [0.4, 0.5) is 5.95 Å².